The maximum absolute atomic E-state index is 13.6. The monoisotopic (exact) mass is 275 g/mol. The van der Waals surface area contributed by atoms with Crippen molar-refractivity contribution >= 4 is 5.91 Å². The fourth-order valence-electron chi connectivity index (χ4n) is 2.31. The van der Waals surface area contributed by atoms with Crippen molar-refractivity contribution in [1.82, 2.24) is 14.7 Å². The Hall–Kier alpha value is -2.21. The average Bonchev–Trinajstić information content (AvgIpc) is 3.07. The van der Waals surface area contributed by atoms with Crippen molar-refractivity contribution in [3.63, 3.8) is 0 Å². The number of carbonyl (C=O) groups excluding carboxylic acids is 1. The van der Waals surface area contributed by atoms with Crippen LogP contribution in [0.15, 0.2) is 36.7 Å². The Bertz CT molecular complexity index is 641. The number of aromatic nitrogens is 2. The van der Waals surface area contributed by atoms with E-state index < -0.39 is 11.9 Å². The molecule has 1 aromatic carbocycles. The number of halogens is 1. The van der Waals surface area contributed by atoms with Gasteiger partial charge in [0, 0.05) is 19.3 Å². The molecular formula is C14H14FN3O2. The number of para-hydroxylation sites is 1. The first kappa shape index (κ1) is 12.8. The first-order chi connectivity index (χ1) is 9.65. The SMILES string of the molecule is O=C(c1cnn(-c2ccccc2F)c1)N1CC[C@@H](O)C1. The van der Waals surface area contributed by atoms with Gasteiger partial charge in [-0.05, 0) is 18.6 Å². The molecule has 2 aromatic rings. The highest BCUT2D eigenvalue weighted by Crippen LogP contribution is 2.16. The van der Waals surface area contributed by atoms with Crippen LogP contribution in [0.2, 0.25) is 0 Å². The molecule has 1 saturated heterocycles. The number of benzene rings is 1. The summed E-state index contributed by atoms with van der Waals surface area (Å²) in [6, 6.07) is 6.24. The third-order valence-corrected chi connectivity index (χ3v) is 3.38. The molecule has 2 heterocycles. The molecule has 20 heavy (non-hydrogen) atoms. The molecule has 1 fully saturated rings. The van der Waals surface area contributed by atoms with Gasteiger partial charge in [0.1, 0.15) is 11.5 Å². The highest BCUT2D eigenvalue weighted by molar-refractivity contribution is 5.94. The molecule has 0 spiro atoms. The Morgan fingerprint density at radius 2 is 2.20 bits per heavy atom. The summed E-state index contributed by atoms with van der Waals surface area (Å²) in [6.45, 7) is 0.870. The molecule has 1 atom stereocenters. The van der Waals surface area contributed by atoms with Gasteiger partial charge in [0.05, 0.1) is 17.9 Å². The summed E-state index contributed by atoms with van der Waals surface area (Å²) >= 11 is 0. The zero-order valence-electron chi connectivity index (χ0n) is 10.7. The molecule has 104 valence electrons. The summed E-state index contributed by atoms with van der Waals surface area (Å²) in [5.41, 5.74) is 0.690. The number of aliphatic hydroxyl groups is 1. The number of β-amino-alcohol motifs (C(OH)–C–C–N with tert-alkyl or cyclic N) is 1. The van der Waals surface area contributed by atoms with E-state index in [4.69, 9.17) is 0 Å². The molecule has 0 radical (unpaired) electrons. The van der Waals surface area contributed by atoms with E-state index in [0.29, 0.717) is 30.8 Å². The Kier molecular flexibility index (Phi) is 3.23. The maximum atomic E-state index is 13.6. The average molecular weight is 275 g/mol. The summed E-state index contributed by atoms with van der Waals surface area (Å²) in [7, 11) is 0. The lowest BCUT2D eigenvalue weighted by Crippen LogP contribution is -2.29. The van der Waals surface area contributed by atoms with Crippen LogP contribution in [-0.4, -0.2) is 44.9 Å². The molecule has 5 nitrogen and oxygen atoms in total. The standard InChI is InChI=1S/C14H14FN3O2/c15-12-3-1-2-4-13(12)18-8-10(7-16-18)14(20)17-6-5-11(19)9-17/h1-4,7-8,11,19H,5-6,9H2/t11-/m1/s1. The Morgan fingerprint density at radius 1 is 1.40 bits per heavy atom. The maximum Gasteiger partial charge on any atom is 0.257 e. The van der Waals surface area contributed by atoms with Crippen LogP contribution in [0.5, 0.6) is 0 Å². The smallest absolute Gasteiger partial charge is 0.257 e. The minimum Gasteiger partial charge on any atom is -0.391 e. The Balaban J connectivity index is 1.84. The molecule has 1 aliphatic heterocycles. The van der Waals surface area contributed by atoms with Gasteiger partial charge in [-0.25, -0.2) is 9.07 Å². The van der Waals surface area contributed by atoms with Gasteiger partial charge in [0.25, 0.3) is 5.91 Å². The van der Waals surface area contributed by atoms with Crippen LogP contribution in [0.1, 0.15) is 16.8 Å². The van der Waals surface area contributed by atoms with E-state index in [1.807, 2.05) is 0 Å². The topological polar surface area (TPSA) is 58.4 Å². The van der Waals surface area contributed by atoms with E-state index in [1.165, 1.54) is 23.1 Å². The van der Waals surface area contributed by atoms with Gasteiger partial charge >= 0.3 is 0 Å². The predicted molar refractivity (Wildman–Crippen MR) is 70.0 cm³/mol. The summed E-state index contributed by atoms with van der Waals surface area (Å²) in [6.07, 6.45) is 3.05. The van der Waals surface area contributed by atoms with Gasteiger partial charge in [-0.2, -0.15) is 5.10 Å². The van der Waals surface area contributed by atoms with Crippen molar-refractivity contribution in [1.29, 1.82) is 0 Å². The fourth-order valence-corrected chi connectivity index (χ4v) is 2.31. The van der Waals surface area contributed by atoms with Gasteiger partial charge in [0.2, 0.25) is 0 Å². The van der Waals surface area contributed by atoms with Gasteiger partial charge < -0.3 is 10.0 Å². The first-order valence-corrected chi connectivity index (χ1v) is 6.42. The fraction of sp³-hybridized carbons (Fsp3) is 0.286. The van der Waals surface area contributed by atoms with Crippen molar-refractivity contribution < 1.29 is 14.3 Å². The quantitative estimate of drug-likeness (QED) is 0.896. The summed E-state index contributed by atoms with van der Waals surface area (Å²) in [4.78, 5) is 13.8. The normalized spacial score (nSPS) is 18.5. The van der Waals surface area contributed by atoms with Crippen LogP contribution in [0, 0.1) is 5.82 Å². The minimum absolute atomic E-state index is 0.191. The number of amides is 1. The third-order valence-electron chi connectivity index (χ3n) is 3.38. The molecule has 6 heteroatoms. The van der Waals surface area contributed by atoms with E-state index in [0.717, 1.165) is 0 Å². The van der Waals surface area contributed by atoms with E-state index in [9.17, 15) is 14.3 Å². The zero-order chi connectivity index (χ0) is 14.1. The van der Waals surface area contributed by atoms with E-state index in [-0.39, 0.29) is 5.91 Å². The van der Waals surface area contributed by atoms with E-state index in [2.05, 4.69) is 5.10 Å². The zero-order valence-corrected chi connectivity index (χ0v) is 10.7. The van der Waals surface area contributed by atoms with Crippen LogP contribution in [-0.2, 0) is 0 Å². The van der Waals surface area contributed by atoms with Crippen LogP contribution in [0.4, 0.5) is 4.39 Å². The molecule has 0 aliphatic carbocycles. The van der Waals surface area contributed by atoms with Crippen LogP contribution >= 0.6 is 0 Å². The van der Waals surface area contributed by atoms with Gasteiger partial charge in [-0.3, -0.25) is 4.79 Å². The second-order valence-electron chi connectivity index (χ2n) is 4.82. The lowest BCUT2D eigenvalue weighted by molar-refractivity contribution is 0.0765. The highest BCUT2D eigenvalue weighted by atomic mass is 19.1. The summed E-state index contributed by atoms with van der Waals surface area (Å²) in [5.74, 6) is -0.588. The number of aliphatic hydroxyl groups excluding tert-OH is 1. The molecular weight excluding hydrogens is 261 g/mol. The van der Waals surface area contributed by atoms with Crippen LogP contribution < -0.4 is 0 Å². The van der Waals surface area contributed by atoms with E-state index >= 15 is 0 Å². The van der Waals surface area contributed by atoms with Crippen molar-refractivity contribution in [2.45, 2.75) is 12.5 Å². The van der Waals surface area contributed by atoms with Gasteiger partial charge in [-0.1, -0.05) is 12.1 Å². The first-order valence-electron chi connectivity index (χ1n) is 6.42. The molecule has 1 N–H and O–H groups in total. The summed E-state index contributed by atoms with van der Waals surface area (Å²) in [5, 5.41) is 13.5. The highest BCUT2D eigenvalue weighted by Gasteiger charge is 2.26. The molecule has 1 aromatic heterocycles. The largest absolute Gasteiger partial charge is 0.391 e. The molecule has 0 saturated carbocycles. The number of nitrogens with zero attached hydrogens (tertiary/aromatic N) is 3. The van der Waals surface area contributed by atoms with Crippen LogP contribution in [0.3, 0.4) is 0 Å². The van der Waals surface area contributed by atoms with Crippen LogP contribution in [0.25, 0.3) is 5.69 Å². The van der Waals surface area contributed by atoms with Gasteiger partial charge in [-0.15, -0.1) is 0 Å². The van der Waals surface area contributed by atoms with Crippen molar-refractivity contribution in [2.24, 2.45) is 0 Å². The second kappa shape index (κ2) is 5.05. The number of rotatable bonds is 2. The summed E-state index contributed by atoms with van der Waals surface area (Å²) < 4.78 is 15.0. The molecule has 1 aliphatic rings. The Labute approximate surface area is 115 Å². The molecule has 3 rings (SSSR count). The van der Waals surface area contributed by atoms with Crippen molar-refractivity contribution in [3.05, 3.63) is 48.0 Å². The predicted octanol–water partition coefficient (Wildman–Crippen LogP) is 1.22. The third kappa shape index (κ3) is 2.30. The second-order valence-corrected chi connectivity index (χ2v) is 4.82. The molecule has 0 bridgehead atoms. The van der Waals surface area contributed by atoms with E-state index in [1.54, 1.807) is 23.1 Å². The number of hydrogen-bond acceptors (Lipinski definition) is 3. The minimum atomic E-state index is -0.458. The molecule has 1 amide bonds. The lowest BCUT2D eigenvalue weighted by Gasteiger charge is -2.13. The number of carbonyl (C=O) groups is 1. The van der Waals surface area contributed by atoms with Crippen molar-refractivity contribution in [2.75, 3.05) is 13.1 Å². The van der Waals surface area contributed by atoms with Gasteiger partial charge in [0.15, 0.2) is 0 Å². The number of hydrogen-bond donors (Lipinski definition) is 1. The molecule has 0 unspecified atom stereocenters. The Morgan fingerprint density at radius 3 is 2.90 bits per heavy atom. The number of likely N-dealkylation sites (tertiary alicyclic amines) is 1. The lowest BCUT2D eigenvalue weighted by atomic mass is 10.3. The van der Waals surface area contributed by atoms with Crippen molar-refractivity contribution in [3.8, 4) is 5.69 Å².